The summed E-state index contributed by atoms with van der Waals surface area (Å²) in [5.74, 6) is -2.77. The van der Waals surface area contributed by atoms with Crippen molar-refractivity contribution < 1.29 is 22.8 Å². The van der Waals surface area contributed by atoms with Crippen molar-refractivity contribution in [2.75, 3.05) is 0 Å². The smallest absolute Gasteiger partial charge is 0.272 e. The SMILES string of the molecule is CC(C)(Oc1ccc([N+](=O)[O-])cc1F)c1ccc(F)cc1F. The summed E-state index contributed by atoms with van der Waals surface area (Å²) < 4.78 is 46.0. The molecule has 0 saturated heterocycles. The standard InChI is InChI=1S/C15H12F3NO3/c1-15(2,11-5-3-9(16)7-12(11)17)22-14-6-4-10(19(20)21)8-13(14)18/h3-8H,1-2H3. The minimum atomic E-state index is -1.30. The molecule has 0 atom stereocenters. The molecule has 2 aromatic carbocycles. The second kappa shape index (κ2) is 5.67. The fourth-order valence-corrected chi connectivity index (χ4v) is 1.99. The molecule has 116 valence electrons. The third-order valence-corrected chi connectivity index (χ3v) is 3.07. The van der Waals surface area contributed by atoms with Gasteiger partial charge < -0.3 is 4.74 Å². The third kappa shape index (κ3) is 3.19. The van der Waals surface area contributed by atoms with Crippen LogP contribution in [0.15, 0.2) is 36.4 Å². The van der Waals surface area contributed by atoms with Gasteiger partial charge in [0, 0.05) is 17.7 Å². The van der Waals surface area contributed by atoms with Gasteiger partial charge in [-0.15, -0.1) is 0 Å². The fraction of sp³-hybridized carbons (Fsp3) is 0.200. The molecule has 0 unspecified atom stereocenters. The number of nitrogens with zero attached hydrogens (tertiary/aromatic N) is 1. The highest BCUT2D eigenvalue weighted by molar-refractivity contribution is 5.38. The zero-order valence-corrected chi connectivity index (χ0v) is 11.8. The Kier molecular flexibility index (Phi) is 4.07. The molecule has 2 aromatic rings. The Morgan fingerprint density at radius 2 is 1.73 bits per heavy atom. The van der Waals surface area contributed by atoms with E-state index in [1.165, 1.54) is 19.9 Å². The van der Waals surface area contributed by atoms with Gasteiger partial charge in [-0.1, -0.05) is 0 Å². The lowest BCUT2D eigenvalue weighted by Crippen LogP contribution is -2.27. The highest BCUT2D eigenvalue weighted by Gasteiger charge is 2.28. The summed E-state index contributed by atoms with van der Waals surface area (Å²) in [5.41, 5.74) is -1.68. The molecule has 0 heterocycles. The Morgan fingerprint density at radius 1 is 1.05 bits per heavy atom. The van der Waals surface area contributed by atoms with Crippen LogP contribution < -0.4 is 4.74 Å². The molecule has 0 aromatic heterocycles. The minimum Gasteiger partial charge on any atom is -0.480 e. The predicted octanol–water partition coefficient (Wildman–Crippen LogP) is 4.33. The summed E-state index contributed by atoms with van der Waals surface area (Å²) in [7, 11) is 0. The molecule has 0 bridgehead atoms. The van der Waals surface area contributed by atoms with Crippen LogP contribution >= 0.6 is 0 Å². The van der Waals surface area contributed by atoms with Gasteiger partial charge in [0.15, 0.2) is 11.6 Å². The molecule has 0 saturated carbocycles. The Morgan fingerprint density at radius 3 is 2.27 bits per heavy atom. The molecule has 4 nitrogen and oxygen atoms in total. The number of rotatable bonds is 4. The van der Waals surface area contributed by atoms with E-state index in [0.717, 1.165) is 18.2 Å². The Labute approximate surface area is 124 Å². The average Bonchev–Trinajstić information content (AvgIpc) is 2.40. The van der Waals surface area contributed by atoms with E-state index in [2.05, 4.69) is 0 Å². The zero-order valence-electron chi connectivity index (χ0n) is 11.8. The first-order valence-corrected chi connectivity index (χ1v) is 6.29. The van der Waals surface area contributed by atoms with Gasteiger partial charge in [0.25, 0.3) is 5.69 Å². The van der Waals surface area contributed by atoms with Crippen molar-refractivity contribution in [2.24, 2.45) is 0 Å². The predicted molar refractivity (Wildman–Crippen MR) is 73.1 cm³/mol. The lowest BCUT2D eigenvalue weighted by atomic mass is 9.97. The summed E-state index contributed by atoms with van der Waals surface area (Å²) in [6.45, 7) is 2.95. The lowest BCUT2D eigenvalue weighted by molar-refractivity contribution is -0.385. The molecule has 0 fully saturated rings. The fourth-order valence-electron chi connectivity index (χ4n) is 1.99. The molecule has 0 amide bonds. The number of nitro benzene ring substituents is 1. The number of hydrogen-bond donors (Lipinski definition) is 0. The van der Waals surface area contributed by atoms with E-state index in [-0.39, 0.29) is 11.3 Å². The largest absolute Gasteiger partial charge is 0.480 e. The second-order valence-electron chi connectivity index (χ2n) is 5.11. The van der Waals surface area contributed by atoms with Gasteiger partial charge in [-0.25, -0.2) is 13.2 Å². The van der Waals surface area contributed by atoms with Gasteiger partial charge in [-0.3, -0.25) is 10.1 Å². The van der Waals surface area contributed by atoms with Crippen molar-refractivity contribution >= 4 is 5.69 Å². The molecular weight excluding hydrogens is 299 g/mol. The van der Waals surface area contributed by atoms with Crippen molar-refractivity contribution in [3.8, 4) is 5.75 Å². The third-order valence-electron chi connectivity index (χ3n) is 3.07. The molecule has 0 aliphatic rings. The van der Waals surface area contributed by atoms with Crippen molar-refractivity contribution in [1.82, 2.24) is 0 Å². The van der Waals surface area contributed by atoms with Crippen LogP contribution in [0.1, 0.15) is 19.4 Å². The van der Waals surface area contributed by atoms with Crippen molar-refractivity contribution in [1.29, 1.82) is 0 Å². The Bertz CT molecular complexity index is 732. The number of non-ortho nitro benzene ring substituents is 1. The molecular formula is C15H12F3NO3. The summed E-state index contributed by atoms with van der Waals surface area (Å²) >= 11 is 0. The maximum absolute atomic E-state index is 13.8. The highest BCUT2D eigenvalue weighted by Crippen LogP contribution is 2.32. The topological polar surface area (TPSA) is 52.4 Å². The van der Waals surface area contributed by atoms with Crippen molar-refractivity contribution in [2.45, 2.75) is 19.4 Å². The summed E-state index contributed by atoms with van der Waals surface area (Å²) in [6.07, 6.45) is 0. The molecule has 2 rings (SSSR count). The van der Waals surface area contributed by atoms with Crippen LogP contribution in [0.25, 0.3) is 0 Å². The number of halogens is 3. The van der Waals surface area contributed by atoms with E-state index in [1.807, 2.05) is 0 Å². The highest BCUT2D eigenvalue weighted by atomic mass is 19.1. The first-order chi connectivity index (χ1) is 10.2. The summed E-state index contributed by atoms with van der Waals surface area (Å²) in [6, 6.07) is 5.86. The van der Waals surface area contributed by atoms with Gasteiger partial charge in [0.1, 0.15) is 17.2 Å². The Hall–Kier alpha value is -2.57. The zero-order chi connectivity index (χ0) is 16.5. The monoisotopic (exact) mass is 311 g/mol. The van der Waals surface area contributed by atoms with Crippen LogP contribution in [0.4, 0.5) is 18.9 Å². The van der Waals surface area contributed by atoms with Gasteiger partial charge in [0.2, 0.25) is 0 Å². The van der Waals surface area contributed by atoms with E-state index in [1.54, 1.807) is 0 Å². The quantitative estimate of drug-likeness (QED) is 0.624. The maximum atomic E-state index is 13.8. The van der Waals surface area contributed by atoms with Gasteiger partial charge in [-0.05, 0) is 32.0 Å². The molecule has 0 spiro atoms. The summed E-state index contributed by atoms with van der Waals surface area (Å²) in [4.78, 5) is 9.82. The number of nitro groups is 1. The van der Waals surface area contributed by atoms with Crippen LogP contribution in [-0.2, 0) is 5.60 Å². The van der Waals surface area contributed by atoms with Crippen LogP contribution in [0, 0.1) is 27.6 Å². The van der Waals surface area contributed by atoms with Gasteiger partial charge in [0.05, 0.1) is 11.0 Å². The van der Waals surface area contributed by atoms with Crippen molar-refractivity contribution in [3.05, 3.63) is 69.5 Å². The van der Waals surface area contributed by atoms with E-state index in [0.29, 0.717) is 12.1 Å². The van der Waals surface area contributed by atoms with Crippen LogP contribution in [0.3, 0.4) is 0 Å². The van der Waals surface area contributed by atoms with Crippen molar-refractivity contribution in [3.63, 3.8) is 0 Å². The van der Waals surface area contributed by atoms with E-state index in [9.17, 15) is 23.3 Å². The Balaban J connectivity index is 2.34. The second-order valence-corrected chi connectivity index (χ2v) is 5.11. The minimum absolute atomic E-state index is 0.0339. The number of benzene rings is 2. The van der Waals surface area contributed by atoms with Crippen LogP contribution in [-0.4, -0.2) is 4.92 Å². The van der Waals surface area contributed by atoms with E-state index < -0.39 is 33.7 Å². The molecule has 0 aliphatic carbocycles. The molecule has 22 heavy (non-hydrogen) atoms. The van der Waals surface area contributed by atoms with E-state index >= 15 is 0 Å². The van der Waals surface area contributed by atoms with Gasteiger partial charge in [-0.2, -0.15) is 0 Å². The van der Waals surface area contributed by atoms with Gasteiger partial charge >= 0.3 is 0 Å². The number of ether oxygens (including phenoxy) is 1. The first kappa shape index (κ1) is 15.8. The summed E-state index contributed by atoms with van der Waals surface area (Å²) in [5, 5.41) is 10.6. The van der Waals surface area contributed by atoms with E-state index in [4.69, 9.17) is 4.74 Å². The lowest BCUT2D eigenvalue weighted by Gasteiger charge is -2.27. The van der Waals surface area contributed by atoms with Crippen LogP contribution in [0.2, 0.25) is 0 Å². The molecule has 0 aliphatic heterocycles. The molecule has 7 heteroatoms. The maximum Gasteiger partial charge on any atom is 0.272 e. The number of hydrogen-bond acceptors (Lipinski definition) is 3. The molecule has 0 N–H and O–H groups in total. The van der Waals surface area contributed by atoms with Crippen LogP contribution in [0.5, 0.6) is 5.75 Å². The molecule has 0 radical (unpaired) electrons. The first-order valence-electron chi connectivity index (χ1n) is 6.29. The normalized spacial score (nSPS) is 11.3. The average molecular weight is 311 g/mol.